The van der Waals surface area contributed by atoms with Gasteiger partial charge in [-0.1, -0.05) is 12.1 Å². The van der Waals surface area contributed by atoms with Crippen molar-refractivity contribution in [2.75, 3.05) is 0 Å². The molecule has 0 amide bonds. The van der Waals surface area contributed by atoms with Crippen LogP contribution in [0.15, 0.2) is 24.3 Å². The Balaban J connectivity index is 2.16. The van der Waals surface area contributed by atoms with Gasteiger partial charge in [0.1, 0.15) is 5.82 Å². The molecule has 1 N–H and O–H groups in total. The number of aromatic amines is 1. The summed E-state index contributed by atoms with van der Waals surface area (Å²) in [7, 11) is 0. The van der Waals surface area contributed by atoms with Gasteiger partial charge in [-0.2, -0.15) is 13.2 Å². The fourth-order valence-electron chi connectivity index (χ4n) is 1.22. The van der Waals surface area contributed by atoms with Crippen molar-refractivity contribution in [2.45, 2.75) is 11.3 Å². The van der Waals surface area contributed by atoms with Gasteiger partial charge in [0.25, 0.3) is 0 Å². The topological polar surface area (TPSA) is 28.7 Å². The average molecular weight is 232 g/mol. The van der Waals surface area contributed by atoms with Gasteiger partial charge in [-0.05, 0) is 23.9 Å². The third-order valence-electron chi connectivity index (χ3n) is 1.81. The Labute approximate surface area is 87.9 Å². The van der Waals surface area contributed by atoms with Crippen LogP contribution in [-0.4, -0.2) is 15.5 Å². The molecule has 15 heavy (non-hydrogen) atoms. The number of alkyl halides is 3. The first-order valence-electron chi connectivity index (χ1n) is 4.19. The molecular formula is C9H7F3N2S. The molecule has 0 aliphatic heterocycles. The van der Waals surface area contributed by atoms with Gasteiger partial charge in [-0.3, -0.25) is 0 Å². The number of rotatable bonds is 2. The third kappa shape index (κ3) is 2.65. The highest BCUT2D eigenvalue weighted by Crippen LogP contribution is 2.32. The van der Waals surface area contributed by atoms with E-state index in [1.54, 1.807) is 24.3 Å². The number of aromatic nitrogens is 2. The average Bonchev–Trinajstić information content (AvgIpc) is 2.56. The summed E-state index contributed by atoms with van der Waals surface area (Å²) in [6.45, 7) is 0. The predicted octanol–water partition coefficient (Wildman–Crippen LogP) is 3.32. The van der Waals surface area contributed by atoms with Gasteiger partial charge in [0.2, 0.25) is 0 Å². The number of fused-ring (bicyclic) bond motifs is 1. The van der Waals surface area contributed by atoms with E-state index in [0.29, 0.717) is 11.3 Å². The molecule has 2 rings (SSSR count). The van der Waals surface area contributed by atoms with Crippen molar-refractivity contribution in [3.63, 3.8) is 0 Å². The van der Waals surface area contributed by atoms with E-state index in [1.165, 1.54) is 0 Å². The normalized spacial score (nSPS) is 12.2. The van der Waals surface area contributed by atoms with Crippen LogP contribution in [0.25, 0.3) is 11.0 Å². The minimum Gasteiger partial charge on any atom is -0.341 e. The van der Waals surface area contributed by atoms with Crippen LogP contribution in [0.1, 0.15) is 5.82 Å². The smallest absolute Gasteiger partial charge is 0.341 e. The van der Waals surface area contributed by atoms with Crippen molar-refractivity contribution < 1.29 is 13.2 Å². The highest BCUT2D eigenvalue weighted by molar-refractivity contribution is 7.99. The summed E-state index contributed by atoms with van der Waals surface area (Å²) in [5.74, 6) is 0.163. The van der Waals surface area contributed by atoms with E-state index >= 15 is 0 Å². The van der Waals surface area contributed by atoms with Gasteiger partial charge in [-0.15, -0.1) is 0 Å². The quantitative estimate of drug-likeness (QED) is 0.860. The van der Waals surface area contributed by atoms with Gasteiger partial charge in [-0.25, -0.2) is 4.98 Å². The summed E-state index contributed by atoms with van der Waals surface area (Å²) in [5.41, 5.74) is -2.76. The Morgan fingerprint density at radius 2 is 2.00 bits per heavy atom. The molecular weight excluding hydrogens is 225 g/mol. The van der Waals surface area contributed by atoms with E-state index in [4.69, 9.17) is 0 Å². The van der Waals surface area contributed by atoms with Crippen molar-refractivity contribution in [2.24, 2.45) is 0 Å². The second-order valence-electron chi connectivity index (χ2n) is 2.94. The summed E-state index contributed by atoms with van der Waals surface area (Å²) < 4.78 is 35.8. The molecule has 1 aromatic heterocycles. The largest absolute Gasteiger partial charge is 0.442 e. The van der Waals surface area contributed by atoms with Crippen LogP contribution in [0, 0.1) is 0 Å². The maximum atomic E-state index is 11.9. The van der Waals surface area contributed by atoms with E-state index in [0.717, 1.165) is 5.52 Å². The molecule has 80 valence electrons. The predicted molar refractivity (Wildman–Crippen MR) is 53.4 cm³/mol. The molecule has 6 heteroatoms. The first kappa shape index (κ1) is 10.4. The summed E-state index contributed by atoms with van der Waals surface area (Å²) in [6.07, 6.45) is 0. The van der Waals surface area contributed by atoms with Gasteiger partial charge in [0.05, 0.1) is 16.8 Å². The first-order chi connectivity index (χ1) is 7.04. The summed E-state index contributed by atoms with van der Waals surface area (Å²) in [6, 6.07) is 7.14. The standard InChI is InChI=1S/C9H7F3N2S/c10-9(11,12)15-5-8-13-6-3-1-2-4-7(6)14-8/h1-4H,5H2,(H,13,14). The Bertz CT molecular complexity index is 431. The molecule has 2 aromatic rings. The first-order valence-corrected chi connectivity index (χ1v) is 5.17. The molecule has 0 fully saturated rings. The molecule has 0 atom stereocenters. The monoisotopic (exact) mass is 232 g/mol. The maximum absolute atomic E-state index is 11.9. The SMILES string of the molecule is FC(F)(F)SCc1nc2ccccc2[nH]1. The summed E-state index contributed by atoms with van der Waals surface area (Å²) in [4.78, 5) is 6.88. The lowest BCUT2D eigenvalue weighted by Gasteiger charge is -2.02. The second kappa shape index (κ2) is 3.77. The van der Waals surface area contributed by atoms with Crippen molar-refractivity contribution in [3.05, 3.63) is 30.1 Å². The van der Waals surface area contributed by atoms with Crippen molar-refractivity contribution in [1.29, 1.82) is 0 Å². The van der Waals surface area contributed by atoms with E-state index in [2.05, 4.69) is 9.97 Å². The van der Waals surface area contributed by atoms with Crippen molar-refractivity contribution in [1.82, 2.24) is 9.97 Å². The number of H-pyrrole nitrogens is 1. The molecule has 0 unspecified atom stereocenters. The minimum absolute atomic E-state index is 0.0918. The lowest BCUT2D eigenvalue weighted by atomic mass is 10.3. The lowest BCUT2D eigenvalue weighted by molar-refractivity contribution is -0.0329. The zero-order chi connectivity index (χ0) is 10.9. The van der Waals surface area contributed by atoms with Crippen LogP contribution in [0.5, 0.6) is 0 Å². The third-order valence-corrected chi connectivity index (χ3v) is 2.56. The lowest BCUT2D eigenvalue weighted by Crippen LogP contribution is -2.00. The number of nitrogens with one attached hydrogen (secondary N) is 1. The number of hydrogen-bond acceptors (Lipinski definition) is 2. The van der Waals surface area contributed by atoms with Gasteiger partial charge in [0.15, 0.2) is 0 Å². The van der Waals surface area contributed by atoms with Crippen LogP contribution >= 0.6 is 11.8 Å². The van der Waals surface area contributed by atoms with Crippen molar-refractivity contribution in [3.8, 4) is 0 Å². The van der Waals surface area contributed by atoms with Gasteiger partial charge >= 0.3 is 5.51 Å². The molecule has 0 spiro atoms. The van der Waals surface area contributed by atoms with Crippen LogP contribution in [-0.2, 0) is 5.75 Å². The Morgan fingerprint density at radius 1 is 1.27 bits per heavy atom. The molecule has 0 bridgehead atoms. The zero-order valence-electron chi connectivity index (χ0n) is 7.51. The Kier molecular flexibility index (Phi) is 2.60. The van der Waals surface area contributed by atoms with Gasteiger partial charge in [0, 0.05) is 0 Å². The Morgan fingerprint density at radius 3 is 2.67 bits per heavy atom. The molecule has 0 saturated heterocycles. The van der Waals surface area contributed by atoms with Crippen LogP contribution in [0.4, 0.5) is 13.2 Å². The number of hydrogen-bond donors (Lipinski definition) is 1. The molecule has 0 radical (unpaired) electrons. The summed E-state index contributed by atoms with van der Waals surface area (Å²) in [5, 5.41) is 0. The Hall–Kier alpha value is -1.17. The molecule has 0 aliphatic rings. The van der Waals surface area contributed by atoms with Crippen LogP contribution in [0.2, 0.25) is 0 Å². The van der Waals surface area contributed by atoms with Crippen LogP contribution in [0.3, 0.4) is 0 Å². The number of thioether (sulfide) groups is 1. The zero-order valence-corrected chi connectivity index (χ0v) is 8.32. The molecule has 1 heterocycles. The van der Waals surface area contributed by atoms with Crippen molar-refractivity contribution >= 4 is 22.8 Å². The second-order valence-corrected chi connectivity index (χ2v) is 3.98. The molecule has 1 aromatic carbocycles. The van der Waals surface area contributed by atoms with E-state index in [1.807, 2.05) is 0 Å². The molecule has 0 saturated carbocycles. The number of benzene rings is 1. The minimum atomic E-state index is -4.21. The number of halogens is 3. The fraction of sp³-hybridized carbons (Fsp3) is 0.222. The fourth-order valence-corrected chi connectivity index (χ4v) is 1.66. The van der Waals surface area contributed by atoms with E-state index in [-0.39, 0.29) is 17.5 Å². The van der Waals surface area contributed by atoms with Gasteiger partial charge < -0.3 is 4.98 Å². The van der Waals surface area contributed by atoms with E-state index < -0.39 is 5.51 Å². The highest BCUT2D eigenvalue weighted by atomic mass is 32.2. The number of para-hydroxylation sites is 2. The molecule has 0 aliphatic carbocycles. The number of imidazole rings is 1. The van der Waals surface area contributed by atoms with E-state index in [9.17, 15) is 13.2 Å². The maximum Gasteiger partial charge on any atom is 0.442 e. The highest BCUT2D eigenvalue weighted by Gasteiger charge is 2.28. The molecule has 2 nitrogen and oxygen atoms in total. The number of nitrogens with zero attached hydrogens (tertiary/aromatic N) is 1. The summed E-state index contributed by atoms with van der Waals surface area (Å²) >= 11 is -0.0918. The van der Waals surface area contributed by atoms with Crippen LogP contribution < -0.4 is 0 Å².